The summed E-state index contributed by atoms with van der Waals surface area (Å²) < 4.78 is 39.2. The van der Waals surface area contributed by atoms with Crippen molar-refractivity contribution in [1.82, 2.24) is 30.3 Å². The molecule has 2 aliphatic carbocycles. The molecule has 3 aliphatic rings. The van der Waals surface area contributed by atoms with Crippen molar-refractivity contribution in [2.45, 2.75) is 141 Å². The van der Waals surface area contributed by atoms with Gasteiger partial charge in [0.15, 0.2) is 0 Å². The first-order valence-corrected chi connectivity index (χ1v) is 21.1. The maximum absolute atomic E-state index is 13.9. The number of amides is 3. The van der Waals surface area contributed by atoms with Crippen LogP contribution in [0.1, 0.15) is 128 Å². The van der Waals surface area contributed by atoms with Gasteiger partial charge < -0.3 is 25.0 Å². The van der Waals surface area contributed by atoms with Gasteiger partial charge in [0.25, 0.3) is 0 Å². The molecule has 0 radical (unpaired) electrons. The predicted octanol–water partition coefficient (Wildman–Crippen LogP) is 8.06. The number of halogens is 2. The van der Waals surface area contributed by atoms with E-state index in [9.17, 15) is 23.2 Å². The predicted molar refractivity (Wildman–Crippen MR) is 217 cm³/mol. The van der Waals surface area contributed by atoms with Crippen molar-refractivity contribution in [3.8, 4) is 0 Å². The zero-order valence-corrected chi connectivity index (χ0v) is 35.0. The third kappa shape index (κ3) is 13.9. The number of carbonyl (C=O) groups excluding carboxylic acids is 3. The second kappa shape index (κ2) is 19.7. The summed E-state index contributed by atoms with van der Waals surface area (Å²) in [6.07, 6.45) is 6.18. The Bertz CT molecular complexity index is 1610. The zero-order chi connectivity index (χ0) is 41.2. The Balaban J connectivity index is 1.31. The first-order valence-electron chi connectivity index (χ1n) is 21.1. The highest BCUT2D eigenvalue weighted by atomic mass is 19.3. The number of unbranched alkanes of at least 4 members (excludes halogenated alkanes) is 1. The van der Waals surface area contributed by atoms with E-state index in [1.807, 2.05) is 89.0 Å². The van der Waals surface area contributed by atoms with Gasteiger partial charge in [-0.25, -0.2) is 18.4 Å². The van der Waals surface area contributed by atoms with Gasteiger partial charge in [-0.05, 0) is 117 Å². The molecule has 2 heterocycles. The number of nitrogens with zero attached hydrogens (tertiary/aromatic N) is 4. The van der Waals surface area contributed by atoms with Gasteiger partial charge in [0, 0.05) is 64.2 Å². The summed E-state index contributed by atoms with van der Waals surface area (Å²) in [5, 5.41) is 6.11. The molecule has 1 aromatic carbocycles. The number of carbonyl (C=O) groups is 3. The monoisotopic (exact) mass is 797 g/mol. The Morgan fingerprint density at radius 3 is 2.37 bits per heavy atom. The number of alkyl carbamates (subject to hydrolysis) is 1. The number of aromatic nitrogens is 1. The van der Waals surface area contributed by atoms with E-state index < -0.39 is 29.1 Å². The molecular formula is C44H66F2N6O5. The lowest BCUT2D eigenvalue weighted by atomic mass is 9.86. The van der Waals surface area contributed by atoms with Crippen LogP contribution in [-0.4, -0.2) is 107 Å². The van der Waals surface area contributed by atoms with Crippen LogP contribution in [0.2, 0.25) is 0 Å². The fraction of sp³-hybridized carbons (Fsp3) is 0.682. The molecular weight excluding hydrogens is 731 g/mol. The molecule has 1 aliphatic heterocycles. The Morgan fingerprint density at radius 2 is 1.67 bits per heavy atom. The first-order chi connectivity index (χ1) is 27.0. The number of hydrogen-bond acceptors (Lipinski definition) is 8. The molecule has 13 heteroatoms. The molecule has 0 bridgehead atoms. The van der Waals surface area contributed by atoms with Crippen LogP contribution in [0.5, 0.6) is 0 Å². The highest BCUT2D eigenvalue weighted by Gasteiger charge is 2.39. The van der Waals surface area contributed by atoms with Crippen molar-refractivity contribution in [3.05, 3.63) is 65.5 Å². The van der Waals surface area contributed by atoms with Crippen molar-refractivity contribution in [2.24, 2.45) is 5.92 Å². The van der Waals surface area contributed by atoms with E-state index in [1.165, 1.54) is 5.56 Å². The Kier molecular flexibility index (Phi) is 15.3. The highest BCUT2D eigenvalue weighted by Crippen LogP contribution is 2.37. The topological polar surface area (TPSA) is 116 Å². The minimum Gasteiger partial charge on any atom is -0.444 e. The van der Waals surface area contributed by atoms with Crippen molar-refractivity contribution >= 4 is 18.1 Å². The van der Waals surface area contributed by atoms with Crippen LogP contribution in [-0.2, 0) is 20.7 Å². The Morgan fingerprint density at radius 1 is 0.947 bits per heavy atom. The van der Waals surface area contributed by atoms with E-state index in [-0.39, 0.29) is 55.8 Å². The van der Waals surface area contributed by atoms with Gasteiger partial charge in [-0.3, -0.25) is 19.6 Å². The van der Waals surface area contributed by atoms with Crippen LogP contribution in [0, 0.1) is 5.92 Å². The Hall–Kier alpha value is -3.84. The summed E-state index contributed by atoms with van der Waals surface area (Å²) in [4.78, 5) is 51.2. The fourth-order valence-electron chi connectivity index (χ4n) is 8.28. The number of aryl methyl sites for hydroxylation is 1. The number of pyridine rings is 1. The minimum atomic E-state index is -2.70. The van der Waals surface area contributed by atoms with Gasteiger partial charge in [-0.1, -0.05) is 36.4 Å². The smallest absolute Gasteiger partial charge is 0.410 e. The lowest BCUT2D eigenvalue weighted by molar-refractivity contribution is -0.130. The van der Waals surface area contributed by atoms with Crippen LogP contribution in [0.4, 0.5) is 18.4 Å². The third-order valence-corrected chi connectivity index (χ3v) is 11.1. The standard InChI is InChI=1S/C44H66F2N6O5/c1-42(2,3)56-40(54)48-24-10-11-26-51(37-18-12-16-33-17-13-25-47-38(33)37)31-35-30-50(28-29-52(35)41(55)57-43(4,5)6)27-21-36(32-14-8-7-9-15-32)49-39(53)34-19-22-44(45,46)23-20-34/h7-9,13-15,17,25,34-37H,10-12,16,18-24,26-31H2,1-6H3,(H,48,54)(H,49,53)/t35-,36-,37-/m0/s1. The second-order valence-corrected chi connectivity index (χ2v) is 18.1. The molecule has 2 N–H and O–H groups in total. The molecule has 316 valence electrons. The van der Waals surface area contributed by atoms with Crippen molar-refractivity contribution in [2.75, 3.05) is 45.8 Å². The van der Waals surface area contributed by atoms with Gasteiger partial charge in [0.1, 0.15) is 11.2 Å². The van der Waals surface area contributed by atoms with E-state index in [0.717, 1.165) is 49.9 Å². The number of benzene rings is 1. The van der Waals surface area contributed by atoms with Crippen LogP contribution in [0.15, 0.2) is 48.7 Å². The van der Waals surface area contributed by atoms with Gasteiger partial charge in [-0.15, -0.1) is 0 Å². The van der Waals surface area contributed by atoms with Gasteiger partial charge in [-0.2, -0.15) is 0 Å². The quantitative estimate of drug-likeness (QED) is 0.185. The molecule has 11 nitrogen and oxygen atoms in total. The lowest BCUT2D eigenvalue weighted by Crippen LogP contribution is -2.60. The van der Waals surface area contributed by atoms with E-state index in [1.54, 1.807) is 0 Å². The molecule has 5 rings (SSSR count). The largest absolute Gasteiger partial charge is 0.444 e. The third-order valence-electron chi connectivity index (χ3n) is 11.1. The van der Waals surface area contributed by atoms with Crippen LogP contribution < -0.4 is 10.6 Å². The molecule has 0 unspecified atom stereocenters. The minimum absolute atomic E-state index is 0.0852. The van der Waals surface area contributed by atoms with Gasteiger partial charge >= 0.3 is 12.2 Å². The SMILES string of the molecule is CC(C)(C)OC(=O)NCCCCN(C[C@@H]1CN(CC[C@H](NC(=O)C2CCC(F)(F)CC2)c2ccccc2)CCN1C(=O)OC(C)(C)C)[C@H]1CCCc2cccnc21. The normalized spacial score (nSPS) is 21.0. The molecule has 0 spiro atoms. The molecule has 2 fully saturated rings. The van der Waals surface area contributed by atoms with Gasteiger partial charge in [0.05, 0.1) is 23.8 Å². The van der Waals surface area contributed by atoms with E-state index >= 15 is 0 Å². The maximum atomic E-state index is 13.9. The zero-order valence-electron chi connectivity index (χ0n) is 35.0. The number of fused-ring (bicyclic) bond motifs is 1. The molecule has 3 amide bonds. The summed E-state index contributed by atoms with van der Waals surface area (Å²) in [5.41, 5.74) is 2.11. The molecule has 1 aromatic heterocycles. The molecule has 1 saturated carbocycles. The molecule has 1 saturated heterocycles. The summed E-state index contributed by atoms with van der Waals surface area (Å²) >= 11 is 0. The highest BCUT2D eigenvalue weighted by molar-refractivity contribution is 5.79. The van der Waals surface area contributed by atoms with E-state index in [0.29, 0.717) is 45.7 Å². The lowest BCUT2D eigenvalue weighted by Gasteiger charge is -2.45. The number of hydrogen-bond donors (Lipinski definition) is 2. The average Bonchev–Trinajstić information content (AvgIpc) is 3.14. The first kappa shape index (κ1) is 44.3. The number of rotatable bonds is 14. The van der Waals surface area contributed by atoms with E-state index in [2.05, 4.69) is 26.5 Å². The maximum Gasteiger partial charge on any atom is 0.410 e. The number of nitrogens with one attached hydrogen (secondary N) is 2. The number of alkyl halides is 2. The Labute approximate surface area is 338 Å². The number of ether oxygens (including phenoxy) is 2. The van der Waals surface area contributed by atoms with Crippen molar-refractivity contribution in [3.63, 3.8) is 0 Å². The van der Waals surface area contributed by atoms with Crippen molar-refractivity contribution in [1.29, 1.82) is 0 Å². The van der Waals surface area contributed by atoms with E-state index in [4.69, 9.17) is 14.5 Å². The summed E-state index contributed by atoms with van der Waals surface area (Å²) in [6.45, 7) is 15.5. The van der Waals surface area contributed by atoms with Crippen LogP contribution in [0.3, 0.4) is 0 Å². The van der Waals surface area contributed by atoms with Crippen LogP contribution in [0.25, 0.3) is 0 Å². The molecule has 3 atom stereocenters. The summed E-state index contributed by atoms with van der Waals surface area (Å²) in [6, 6.07) is 13.6. The van der Waals surface area contributed by atoms with Crippen molar-refractivity contribution < 1.29 is 32.6 Å². The summed E-state index contributed by atoms with van der Waals surface area (Å²) in [5.74, 6) is -3.28. The fourth-order valence-corrected chi connectivity index (χ4v) is 8.28. The molecule has 57 heavy (non-hydrogen) atoms. The molecule has 2 aromatic rings. The average molecular weight is 797 g/mol. The second-order valence-electron chi connectivity index (χ2n) is 18.1. The number of piperazine rings is 1. The summed E-state index contributed by atoms with van der Waals surface area (Å²) in [7, 11) is 0. The van der Waals surface area contributed by atoms with Crippen LogP contribution >= 0.6 is 0 Å². The van der Waals surface area contributed by atoms with Gasteiger partial charge in [0.2, 0.25) is 11.8 Å².